The molecule has 12 heteroatoms. The first-order valence-electron chi connectivity index (χ1n) is 14.1. The molecule has 2 aromatic heterocycles. The van der Waals surface area contributed by atoms with Gasteiger partial charge in [-0.1, -0.05) is 19.1 Å². The molecule has 0 radical (unpaired) electrons. The molecule has 1 atom stereocenters. The Hall–Kier alpha value is -3.61. The Balaban J connectivity index is 1.29. The maximum Gasteiger partial charge on any atom is 0.154 e. The van der Waals surface area contributed by atoms with Crippen molar-refractivity contribution in [1.29, 1.82) is 0 Å². The first-order valence-corrected chi connectivity index (χ1v) is 16.7. The zero-order valence-corrected chi connectivity index (χ0v) is 26.1. The minimum atomic E-state index is -3.04. The highest BCUT2D eigenvalue weighted by molar-refractivity contribution is 9.10. The van der Waals surface area contributed by atoms with Gasteiger partial charge in [-0.3, -0.25) is 4.98 Å². The molecular weight excluding hydrogens is 637 g/mol. The number of rotatable bonds is 14. The van der Waals surface area contributed by atoms with Crippen LogP contribution in [0.5, 0.6) is 5.75 Å². The molecule has 5 rings (SSSR count). The summed E-state index contributed by atoms with van der Waals surface area (Å²) in [4.78, 5) is 13.6. The van der Waals surface area contributed by atoms with Crippen LogP contribution in [0.15, 0.2) is 77.9 Å². The predicted molar refractivity (Wildman–Crippen MR) is 168 cm³/mol. The number of benzene rings is 2. The number of hydrogen-bond donors (Lipinski definition) is 2. The van der Waals surface area contributed by atoms with Crippen LogP contribution in [0, 0.1) is 5.82 Å². The molecule has 0 saturated carbocycles. The van der Waals surface area contributed by atoms with E-state index in [2.05, 4.69) is 36.5 Å². The molecule has 2 N–H and O–H groups in total. The van der Waals surface area contributed by atoms with Crippen LogP contribution in [0.4, 0.5) is 15.9 Å². The van der Waals surface area contributed by atoms with E-state index >= 15 is 0 Å². The number of sulfone groups is 1. The molecule has 3 heterocycles. The Bertz CT molecular complexity index is 1710. The lowest BCUT2D eigenvalue weighted by Gasteiger charge is -2.28. The van der Waals surface area contributed by atoms with Crippen LogP contribution < -0.4 is 15.4 Å². The Labute approximate surface area is 259 Å². The standard InChI is InChI=1S/C31H33BrFN5O4S/c1-2-14-43(39,40)15-12-34-11-10-31(9-4-13-42-31)29-18-25-27(19-35-29)36-21-37-30(25)38-24-7-8-28(26(32)17-24)41-20-22-5-3-6-23(33)16-22/h3-8,13,16-19,21,34H,2,9-12,14-15,20H2,1H3,(H,36,37,38). The zero-order valence-electron chi connectivity index (χ0n) is 23.7. The third-order valence-electron chi connectivity index (χ3n) is 7.11. The highest BCUT2D eigenvalue weighted by atomic mass is 79.9. The number of pyridine rings is 1. The summed E-state index contributed by atoms with van der Waals surface area (Å²) in [5.41, 5.74) is 2.25. The normalized spacial score (nSPS) is 16.3. The topological polar surface area (TPSA) is 115 Å². The van der Waals surface area contributed by atoms with E-state index in [0.29, 0.717) is 49.4 Å². The van der Waals surface area contributed by atoms with Gasteiger partial charge >= 0.3 is 0 Å². The summed E-state index contributed by atoms with van der Waals surface area (Å²) in [5, 5.41) is 7.40. The summed E-state index contributed by atoms with van der Waals surface area (Å²) >= 11 is 3.57. The van der Waals surface area contributed by atoms with Crippen molar-refractivity contribution in [1.82, 2.24) is 20.3 Å². The number of ether oxygens (including phenoxy) is 2. The number of anilines is 2. The number of fused-ring (bicyclic) bond motifs is 1. The molecule has 0 amide bonds. The average Bonchev–Trinajstić information content (AvgIpc) is 3.46. The van der Waals surface area contributed by atoms with E-state index in [4.69, 9.17) is 14.5 Å². The van der Waals surface area contributed by atoms with E-state index in [9.17, 15) is 12.8 Å². The fraction of sp³-hybridized carbons (Fsp3) is 0.323. The van der Waals surface area contributed by atoms with Gasteiger partial charge in [0.15, 0.2) is 15.4 Å². The monoisotopic (exact) mass is 669 g/mol. The first kappa shape index (κ1) is 30.8. The number of aromatic nitrogens is 3. The van der Waals surface area contributed by atoms with Crippen molar-refractivity contribution in [2.24, 2.45) is 0 Å². The van der Waals surface area contributed by atoms with Gasteiger partial charge in [-0.15, -0.1) is 0 Å². The highest BCUT2D eigenvalue weighted by Gasteiger charge is 2.37. The van der Waals surface area contributed by atoms with Gasteiger partial charge in [0.2, 0.25) is 0 Å². The van der Waals surface area contributed by atoms with Gasteiger partial charge < -0.3 is 20.1 Å². The lowest BCUT2D eigenvalue weighted by atomic mass is 9.91. The Morgan fingerprint density at radius 2 is 1.98 bits per heavy atom. The molecule has 2 aromatic carbocycles. The summed E-state index contributed by atoms with van der Waals surface area (Å²) in [6.45, 7) is 3.07. The molecular formula is C31H33BrFN5O4S. The van der Waals surface area contributed by atoms with Crippen molar-refractivity contribution in [3.8, 4) is 5.75 Å². The summed E-state index contributed by atoms with van der Waals surface area (Å²) in [7, 11) is -3.04. The summed E-state index contributed by atoms with van der Waals surface area (Å²) in [5.74, 6) is 1.25. The van der Waals surface area contributed by atoms with Gasteiger partial charge in [0, 0.05) is 36.2 Å². The fourth-order valence-corrected chi connectivity index (χ4v) is 6.68. The molecule has 43 heavy (non-hydrogen) atoms. The van der Waals surface area contributed by atoms with Crippen LogP contribution >= 0.6 is 15.9 Å². The third-order valence-corrected chi connectivity index (χ3v) is 9.59. The summed E-state index contributed by atoms with van der Waals surface area (Å²) < 4.78 is 50.3. The van der Waals surface area contributed by atoms with Crippen LogP contribution in [0.25, 0.3) is 10.9 Å². The molecule has 0 bridgehead atoms. The van der Waals surface area contributed by atoms with Gasteiger partial charge in [-0.2, -0.15) is 0 Å². The molecule has 1 aliphatic heterocycles. The third kappa shape index (κ3) is 7.87. The molecule has 1 unspecified atom stereocenters. The average molecular weight is 671 g/mol. The smallest absolute Gasteiger partial charge is 0.154 e. The largest absolute Gasteiger partial charge is 0.489 e. The van der Waals surface area contributed by atoms with Crippen molar-refractivity contribution in [3.63, 3.8) is 0 Å². The van der Waals surface area contributed by atoms with E-state index in [1.807, 2.05) is 43.3 Å². The van der Waals surface area contributed by atoms with Crippen LogP contribution in [0.1, 0.15) is 37.4 Å². The first-order chi connectivity index (χ1) is 20.8. The molecule has 9 nitrogen and oxygen atoms in total. The fourth-order valence-electron chi connectivity index (χ4n) is 4.90. The molecule has 4 aromatic rings. The van der Waals surface area contributed by atoms with E-state index < -0.39 is 15.4 Å². The summed E-state index contributed by atoms with van der Waals surface area (Å²) in [6, 6.07) is 13.8. The molecule has 226 valence electrons. The van der Waals surface area contributed by atoms with Crippen molar-refractivity contribution in [2.45, 2.75) is 38.4 Å². The van der Waals surface area contributed by atoms with Crippen LogP contribution in [0.3, 0.4) is 0 Å². The summed E-state index contributed by atoms with van der Waals surface area (Å²) in [6.07, 6.45) is 8.71. The van der Waals surface area contributed by atoms with Gasteiger partial charge in [0.25, 0.3) is 0 Å². The second kappa shape index (κ2) is 13.8. The molecule has 0 saturated heterocycles. The minimum absolute atomic E-state index is 0.115. The second-order valence-corrected chi connectivity index (χ2v) is 13.5. The van der Waals surface area contributed by atoms with Crippen LogP contribution in [0.2, 0.25) is 0 Å². The number of nitrogens with one attached hydrogen (secondary N) is 2. The number of halogens is 2. The van der Waals surface area contributed by atoms with Gasteiger partial charge in [0.05, 0.1) is 33.9 Å². The molecule has 0 aliphatic carbocycles. The van der Waals surface area contributed by atoms with Crippen LogP contribution in [-0.2, 0) is 26.8 Å². The van der Waals surface area contributed by atoms with E-state index in [-0.39, 0.29) is 23.9 Å². The highest BCUT2D eigenvalue weighted by Crippen LogP contribution is 2.38. The minimum Gasteiger partial charge on any atom is -0.489 e. The SMILES string of the molecule is CCCS(=O)(=O)CCNCCC1(c2cc3c(Nc4ccc(OCc5cccc(F)c5)c(Br)c4)ncnc3cn2)CC=CO1. The van der Waals surface area contributed by atoms with E-state index in [1.54, 1.807) is 18.5 Å². The van der Waals surface area contributed by atoms with Crippen molar-refractivity contribution in [3.05, 3.63) is 94.9 Å². The van der Waals surface area contributed by atoms with Gasteiger partial charge in [-0.25, -0.2) is 22.8 Å². The Morgan fingerprint density at radius 1 is 1.09 bits per heavy atom. The van der Waals surface area contributed by atoms with Crippen molar-refractivity contribution in [2.75, 3.05) is 29.9 Å². The molecule has 0 spiro atoms. The number of nitrogens with zero attached hydrogens (tertiary/aromatic N) is 3. The van der Waals surface area contributed by atoms with E-state index in [1.165, 1.54) is 18.5 Å². The number of hydrogen-bond acceptors (Lipinski definition) is 9. The van der Waals surface area contributed by atoms with Gasteiger partial charge in [-0.05, 0) is 76.9 Å². The predicted octanol–water partition coefficient (Wildman–Crippen LogP) is 6.18. The Morgan fingerprint density at radius 3 is 2.74 bits per heavy atom. The lowest BCUT2D eigenvalue weighted by Crippen LogP contribution is -2.33. The maximum atomic E-state index is 13.5. The Kier molecular flexibility index (Phi) is 9.89. The lowest BCUT2D eigenvalue weighted by molar-refractivity contribution is 0.0288. The molecule has 1 aliphatic rings. The van der Waals surface area contributed by atoms with Crippen molar-refractivity contribution >= 4 is 48.2 Å². The maximum absolute atomic E-state index is 13.5. The van der Waals surface area contributed by atoms with E-state index in [0.717, 1.165) is 26.8 Å². The van der Waals surface area contributed by atoms with Crippen LogP contribution in [-0.4, -0.2) is 48.0 Å². The molecule has 0 fully saturated rings. The van der Waals surface area contributed by atoms with Crippen molar-refractivity contribution < 1.29 is 22.3 Å². The quantitative estimate of drug-likeness (QED) is 0.152. The second-order valence-electron chi connectivity index (χ2n) is 10.3. The van der Waals surface area contributed by atoms with Gasteiger partial charge in [0.1, 0.15) is 30.3 Å². The zero-order chi connectivity index (χ0) is 30.3.